The van der Waals surface area contributed by atoms with Gasteiger partial charge < -0.3 is 5.32 Å². The van der Waals surface area contributed by atoms with E-state index in [0.29, 0.717) is 12.1 Å². The summed E-state index contributed by atoms with van der Waals surface area (Å²) in [6, 6.07) is 13.2. The van der Waals surface area contributed by atoms with Crippen LogP contribution in [0, 0.1) is 12.7 Å². The van der Waals surface area contributed by atoms with Gasteiger partial charge in [-0.15, -0.1) is 11.3 Å². The molecule has 0 saturated carbocycles. The lowest BCUT2D eigenvalue weighted by molar-refractivity contribution is -0.121. The number of halogens is 1. The SMILES string of the molecule is Cc1csc(-c2ccc(CNC(=O)CCC(=O)c3ccc(F)cc3)cc2)n1. The van der Waals surface area contributed by atoms with Gasteiger partial charge >= 0.3 is 0 Å². The summed E-state index contributed by atoms with van der Waals surface area (Å²) in [7, 11) is 0. The van der Waals surface area contributed by atoms with Crippen LogP contribution in [0.4, 0.5) is 4.39 Å². The van der Waals surface area contributed by atoms with E-state index in [1.54, 1.807) is 11.3 Å². The molecule has 6 heteroatoms. The van der Waals surface area contributed by atoms with Crippen LogP contribution in [0.3, 0.4) is 0 Å². The Balaban J connectivity index is 1.46. The van der Waals surface area contributed by atoms with E-state index in [9.17, 15) is 14.0 Å². The minimum Gasteiger partial charge on any atom is -0.352 e. The molecule has 1 N–H and O–H groups in total. The van der Waals surface area contributed by atoms with Crippen molar-refractivity contribution in [2.45, 2.75) is 26.3 Å². The Morgan fingerprint density at radius 2 is 1.74 bits per heavy atom. The van der Waals surface area contributed by atoms with Crippen LogP contribution in [-0.4, -0.2) is 16.7 Å². The zero-order valence-corrected chi connectivity index (χ0v) is 15.7. The number of benzene rings is 2. The monoisotopic (exact) mass is 382 g/mol. The van der Waals surface area contributed by atoms with Gasteiger partial charge in [-0.2, -0.15) is 0 Å². The van der Waals surface area contributed by atoms with Crippen molar-refractivity contribution in [2.24, 2.45) is 0 Å². The second-order valence-corrected chi connectivity index (χ2v) is 7.06. The molecule has 3 aromatic rings. The Bertz CT molecular complexity index is 934. The van der Waals surface area contributed by atoms with Crippen molar-refractivity contribution < 1.29 is 14.0 Å². The molecule has 27 heavy (non-hydrogen) atoms. The predicted octanol–water partition coefficient (Wildman–Crippen LogP) is 4.54. The fourth-order valence-corrected chi connectivity index (χ4v) is 3.35. The van der Waals surface area contributed by atoms with E-state index >= 15 is 0 Å². The van der Waals surface area contributed by atoms with Crippen LogP contribution in [0.25, 0.3) is 10.6 Å². The molecule has 0 aliphatic rings. The zero-order valence-electron chi connectivity index (χ0n) is 14.9. The minimum atomic E-state index is -0.389. The fourth-order valence-electron chi connectivity index (χ4n) is 2.55. The summed E-state index contributed by atoms with van der Waals surface area (Å²) in [6.07, 6.45) is 0.201. The average Bonchev–Trinajstić information content (AvgIpc) is 3.12. The number of aromatic nitrogens is 1. The predicted molar refractivity (Wildman–Crippen MR) is 104 cm³/mol. The third-order valence-corrected chi connectivity index (χ3v) is 5.06. The highest BCUT2D eigenvalue weighted by molar-refractivity contribution is 7.13. The minimum absolute atomic E-state index is 0.0970. The standard InChI is InChI=1S/C21H19FN2O2S/c1-14-13-27-21(24-14)17-4-2-15(3-5-17)12-23-20(26)11-10-19(25)16-6-8-18(22)9-7-16/h2-9,13H,10-12H2,1H3,(H,23,26). The van der Waals surface area contributed by atoms with Gasteiger partial charge in [-0.05, 0) is 36.8 Å². The van der Waals surface area contributed by atoms with Crippen LogP contribution in [0.2, 0.25) is 0 Å². The first-order valence-electron chi connectivity index (χ1n) is 8.58. The van der Waals surface area contributed by atoms with E-state index in [-0.39, 0.29) is 30.3 Å². The molecule has 3 rings (SSSR count). The molecule has 0 spiro atoms. The molecular formula is C21H19FN2O2S. The molecule has 0 bridgehead atoms. The molecule has 1 aromatic heterocycles. The number of amides is 1. The number of thiazole rings is 1. The lowest BCUT2D eigenvalue weighted by Gasteiger charge is -2.06. The van der Waals surface area contributed by atoms with Gasteiger partial charge in [0.05, 0.1) is 0 Å². The van der Waals surface area contributed by atoms with Gasteiger partial charge in [0.25, 0.3) is 0 Å². The van der Waals surface area contributed by atoms with E-state index in [1.165, 1.54) is 24.3 Å². The Kier molecular flexibility index (Phi) is 6.08. The topological polar surface area (TPSA) is 59.1 Å². The largest absolute Gasteiger partial charge is 0.352 e. The van der Waals surface area contributed by atoms with E-state index in [0.717, 1.165) is 21.8 Å². The van der Waals surface area contributed by atoms with E-state index in [4.69, 9.17) is 0 Å². The number of carbonyl (C=O) groups is 2. The number of hydrogen-bond donors (Lipinski definition) is 1. The molecule has 1 amide bonds. The molecule has 1 heterocycles. The summed E-state index contributed by atoms with van der Waals surface area (Å²) in [6.45, 7) is 2.37. The number of nitrogens with zero attached hydrogens (tertiary/aromatic N) is 1. The maximum Gasteiger partial charge on any atom is 0.220 e. The highest BCUT2D eigenvalue weighted by Crippen LogP contribution is 2.23. The highest BCUT2D eigenvalue weighted by Gasteiger charge is 2.10. The molecular weight excluding hydrogens is 363 g/mol. The van der Waals surface area contributed by atoms with Gasteiger partial charge in [0.15, 0.2) is 5.78 Å². The lowest BCUT2D eigenvalue weighted by atomic mass is 10.1. The van der Waals surface area contributed by atoms with Gasteiger partial charge in [0, 0.05) is 41.6 Å². The number of Topliss-reactive ketones (excluding diaryl/α,β-unsaturated/α-hetero) is 1. The maximum absolute atomic E-state index is 12.9. The normalized spacial score (nSPS) is 10.6. The van der Waals surface area contributed by atoms with E-state index in [2.05, 4.69) is 10.3 Å². The van der Waals surface area contributed by atoms with Crippen molar-refractivity contribution in [2.75, 3.05) is 0 Å². The van der Waals surface area contributed by atoms with Gasteiger partial charge in [-0.25, -0.2) is 9.37 Å². The number of aryl methyl sites for hydroxylation is 1. The summed E-state index contributed by atoms with van der Waals surface area (Å²) in [5.41, 5.74) is 3.44. The van der Waals surface area contributed by atoms with Crippen LogP contribution < -0.4 is 5.32 Å². The van der Waals surface area contributed by atoms with Crippen molar-refractivity contribution in [3.63, 3.8) is 0 Å². The molecule has 0 saturated heterocycles. The summed E-state index contributed by atoms with van der Waals surface area (Å²) < 4.78 is 12.9. The first-order chi connectivity index (χ1) is 13.0. The summed E-state index contributed by atoms with van der Waals surface area (Å²) in [4.78, 5) is 28.4. The van der Waals surface area contributed by atoms with E-state index in [1.807, 2.05) is 36.6 Å². The number of nitrogens with one attached hydrogen (secondary N) is 1. The highest BCUT2D eigenvalue weighted by atomic mass is 32.1. The second-order valence-electron chi connectivity index (χ2n) is 6.20. The lowest BCUT2D eigenvalue weighted by Crippen LogP contribution is -2.23. The molecule has 138 valence electrons. The molecule has 0 radical (unpaired) electrons. The molecule has 0 aliphatic heterocycles. The van der Waals surface area contributed by atoms with Crippen LogP contribution in [0.5, 0.6) is 0 Å². The van der Waals surface area contributed by atoms with Crippen molar-refractivity contribution in [1.29, 1.82) is 0 Å². The summed E-state index contributed by atoms with van der Waals surface area (Å²) >= 11 is 1.60. The molecule has 4 nitrogen and oxygen atoms in total. The van der Waals surface area contributed by atoms with Gasteiger partial charge in [-0.1, -0.05) is 24.3 Å². The van der Waals surface area contributed by atoms with Crippen molar-refractivity contribution >= 4 is 23.0 Å². The van der Waals surface area contributed by atoms with Gasteiger partial charge in [-0.3, -0.25) is 9.59 Å². The van der Waals surface area contributed by atoms with Gasteiger partial charge in [0.2, 0.25) is 5.91 Å². The van der Waals surface area contributed by atoms with E-state index < -0.39 is 0 Å². The molecule has 2 aromatic carbocycles. The second kappa shape index (κ2) is 8.68. The number of carbonyl (C=O) groups excluding carboxylic acids is 2. The molecule has 0 aliphatic carbocycles. The Morgan fingerprint density at radius 3 is 2.37 bits per heavy atom. The third-order valence-electron chi connectivity index (χ3n) is 4.05. The van der Waals surface area contributed by atoms with Crippen LogP contribution in [0.15, 0.2) is 53.9 Å². The fraction of sp³-hybridized carbons (Fsp3) is 0.190. The van der Waals surface area contributed by atoms with Crippen molar-refractivity contribution in [3.8, 4) is 10.6 Å². The number of ketones is 1. The van der Waals surface area contributed by atoms with Crippen LogP contribution in [0.1, 0.15) is 34.5 Å². The molecule has 0 unspecified atom stereocenters. The quantitative estimate of drug-likeness (QED) is 0.611. The average molecular weight is 382 g/mol. The number of rotatable bonds is 7. The Labute approximate surface area is 161 Å². The van der Waals surface area contributed by atoms with Gasteiger partial charge in [0.1, 0.15) is 10.8 Å². The number of hydrogen-bond acceptors (Lipinski definition) is 4. The van der Waals surface area contributed by atoms with Crippen LogP contribution in [-0.2, 0) is 11.3 Å². The first kappa shape index (κ1) is 18.9. The zero-order chi connectivity index (χ0) is 19.2. The smallest absolute Gasteiger partial charge is 0.220 e. The summed E-state index contributed by atoms with van der Waals surface area (Å²) in [5, 5.41) is 5.80. The molecule has 0 atom stereocenters. The first-order valence-corrected chi connectivity index (χ1v) is 9.46. The Hall–Kier alpha value is -2.86. The molecule has 0 fully saturated rings. The third kappa shape index (κ3) is 5.31. The maximum atomic E-state index is 12.9. The van der Waals surface area contributed by atoms with Crippen molar-refractivity contribution in [1.82, 2.24) is 10.3 Å². The van der Waals surface area contributed by atoms with Crippen LogP contribution >= 0.6 is 11.3 Å². The summed E-state index contributed by atoms with van der Waals surface area (Å²) in [5.74, 6) is -0.751. The Morgan fingerprint density at radius 1 is 1.04 bits per heavy atom. The van der Waals surface area contributed by atoms with Crippen molar-refractivity contribution in [3.05, 3.63) is 76.5 Å².